The first-order valence-electron chi connectivity index (χ1n) is 10.2. The third kappa shape index (κ3) is 3.46. The minimum absolute atomic E-state index is 0.131. The third-order valence-corrected chi connectivity index (χ3v) is 7.13. The van der Waals surface area contributed by atoms with Gasteiger partial charge < -0.3 is 9.72 Å². The summed E-state index contributed by atoms with van der Waals surface area (Å²) in [5.41, 5.74) is 4.79. The number of carbonyl (C=O) groups excluding carboxylic acids is 1. The van der Waals surface area contributed by atoms with Gasteiger partial charge in [-0.05, 0) is 49.6 Å². The number of rotatable bonds is 4. The van der Waals surface area contributed by atoms with Crippen LogP contribution in [0.5, 0.6) is 0 Å². The topological polar surface area (TPSA) is 45.3 Å². The number of halogens is 2. The van der Waals surface area contributed by atoms with Gasteiger partial charge in [0.1, 0.15) is 5.82 Å². The first-order valence-corrected chi connectivity index (χ1v) is 11.0. The average Bonchev–Trinajstić information content (AvgIpc) is 3.10. The molecule has 3 atom stereocenters. The largest absolute Gasteiger partial charge is 0.469 e. The van der Waals surface area contributed by atoms with E-state index in [1.165, 1.54) is 24.1 Å². The van der Waals surface area contributed by atoms with Crippen molar-refractivity contribution in [3.05, 3.63) is 69.1 Å². The molecule has 0 bridgehead atoms. The number of para-hydroxylation sites is 1. The minimum Gasteiger partial charge on any atom is -0.469 e. The lowest BCUT2D eigenvalue weighted by atomic mass is 9.86. The molecule has 0 aliphatic carbocycles. The Morgan fingerprint density at radius 2 is 2.07 bits per heavy atom. The molecule has 1 aromatic heterocycles. The molecule has 2 heterocycles. The highest BCUT2D eigenvalue weighted by Gasteiger charge is 2.39. The number of esters is 1. The Labute approximate surface area is 184 Å². The van der Waals surface area contributed by atoms with Gasteiger partial charge in [-0.1, -0.05) is 41.1 Å². The molecule has 6 heteroatoms. The first kappa shape index (κ1) is 21.1. The van der Waals surface area contributed by atoms with Crippen LogP contribution in [-0.2, 0) is 16.0 Å². The fourth-order valence-corrected chi connectivity index (χ4v) is 5.04. The Hall–Kier alpha value is -2.18. The Balaban J connectivity index is 1.93. The molecule has 1 aliphatic heterocycles. The molecule has 1 N–H and O–H groups in total. The molecule has 0 saturated carbocycles. The van der Waals surface area contributed by atoms with Crippen molar-refractivity contribution in [2.45, 2.75) is 39.3 Å². The van der Waals surface area contributed by atoms with Crippen LogP contribution in [0.25, 0.3) is 10.9 Å². The molecule has 1 unspecified atom stereocenters. The molecule has 4 rings (SSSR count). The maximum atomic E-state index is 15.3. The van der Waals surface area contributed by atoms with Crippen LogP contribution in [0.1, 0.15) is 42.3 Å². The smallest absolute Gasteiger partial charge is 0.309 e. The van der Waals surface area contributed by atoms with E-state index in [0.717, 1.165) is 27.7 Å². The molecule has 3 aromatic rings. The van der Waals surface area contributed by atoms with E-state index in [1.54, 1.807) is 6.07 Å². The van der Waals surface area contributed by atoms with Crippen molar-refractivity contribution < 1.29 is 13.9 Å². The molecule has 4 nitrogen and oxygen atoms in total. The highest BCUT2D eigenvalue weighted by Crippen LogP contribution is 2.43. The van der Waals surface area contributed by atoms with Crippen molar-refractivity contribution in [3.63, 3.8) is 0 Å². The summed E-state index contributed by atoms with van der Waals surface area (Å²) < 4.78 is 21.1. The lowest BCUT2D eigenvalue weighted by Gasteiger charge is -2.42. The summed E-state index contributed by atoms with van der Waals surface area (Å²) in [6.45, 7) is 6.43. The van der Waals surface area contributed by atoms with E-state index in [-0.39, 0.29) is 29.8 Å². The van der Waals surface area contributed by atoms with Gasteiger partial charge in [-0.2, -0.15) is 0 Å². The molecule has 0 radical (unpaired) electrons. The maximum Gasteiger partial charge on any atom is 0.309 e. The summed E-state index contributed by atoms with van der Waals surface area (Å²) >= 11 is 3.57. The lowest BCUT2D eigenvalue weighted by molar-refractivity contribution is -0.145. The number of aromatic nitrogens is 1. The summed E-state index contributed by atoms with van der Waals surface area (Å²) in [6, 6.07) is 11.3. The molecule has 30 heavy (non-hydrogen) atoms. The standard InChI is InChI=1S/C24H26BrFN2O2/c1-13(24(29)30-4)12-28-14(2)11-17-16-7-5-6-8-20(16)27-22(17)23(28)21-15(3)18(25)9-10-19(21)26/h5-10,13-14,23,27H,11-12H2,1-4H3/t13?,14-,23-/m1/s1. The van der Waals surface area contributed by atoms with Gasteiger partial charge in [-0.3, -0.25) is 9.69 Å². The van der Waals surface area contributed by atoms with Crippen LogP contribution in [0.3, 0.4) is 0 Å². The highest BCUT2D eigenvalue weighted by molar-refractivity contribution is 9.10. The number of ether oxygens (including phenoxy) is 1. The van der Waals surface area contributed by atoms with Crippen molar-refractivity contribution in [2.24, 2.45) is 5.92 Å². The molecule has 1 aliphatic rings. The second-order valence-corrected chi connectivity index (χ2v) is 9.06. The van der Waals surface area contributed by atoms with E-state index in [4.69, 9.17) is 4.74 Å². The van der Waals surface area contributed by atoms with Gasteiger partial charge >= 0.3 is 5.97 Å². The molecule has 158 valence electrons. The van der Waals surface area contributed by atoms with Gasteiger partial charge in [-0.25, -0.2) is 4.39 Å². The predicted octanol–water partition coefficient (Wildman–Crippen LogP) is 5.52. The van der Waals surface area contributed by atoms with E-state index in [9.17, 15) is 4.79 Å². The van der Waals surface area contributed by atoms with Crippen molar-refractivity contribution in [2.75, 3.05) is 13.7 Å². The quantitative estimate of drug-likeness (QED) is 0.508. The SMILES string of the molecule is COC(=O)C(C)CN1[C@H](c2c(F)ccc(Br)c2C)c2[nH]c3ccccc3c2C[C@H]1C. The Morgan fingerprint density at radius 1 is 1.33 bits per heavy atom. The van der Waals surface area contributed by atoms with E-state index < -0.39 is 0 Å². The van der Waals surface area contributed by atoms with Crippen molar-refractivity contribution in [1.82, 2.24) is 9.88 Å². The van der Waals surface area contributed by atoms with Gasteiger partial charge in [0.25, 0.3) is 0 Å². The van der Waals surface area contributed by atoms with Crippen molar-refractivity contribution in [1.29, 1.82) is 0 Å². The molecular formula is C24H26BrFN2O2. The van der Waals surface area contributed by atoms with Gasteiger partial charge in [0, 0.05) is 39.2 Å². The van der Waals surface area contributed by atoms with Crippen LogP contribution in [0, 0.1) is 18.7 Å². The Kier molecular flexibility index (Phi) is 5.73. The number of nitrogens with zero attached hydrogens (tertiary/aromatic N) is 1. The number of aromatic amines is 1. The lowest BCUT2D eigenvalue weighted by Crippen LogP contribution is -2.46. The Morgan fingerprint density at radius 3 is 2.80 bits per heavy atom. The predicted molar refractivity (Wildman–Crippen MR) is 120 cm³/mol. The normalized spacial score (nSPS) is 20.2. The molecular weight excluding hydrogens is 447 g/mol. The third-order valence-electron chi connectivity index (χ3n) is 6.27. The van der Waals surface area contributed by atoms with Crippen LogP contribution in [-0.4, -0.2) is 35.5 Å². The van der Waals surface area contributed by atoms with Crippen molar-refractivity contribution in [3.8, 4) is 0 Å². The summed E-state index contributed by atoms with van der Waals surface area (Å²) in [4.78, 5) is 18.0. The molecule has 0 amide bonds. The van der Waals surface area contributed by atoms with E-state index in [0.29, 0.717) is 12.1 Å². The Bertz CT molecular complexity index is 1110. The van der Waals surface area contributed by atoms with Gasteiger partial charge in [0.05, 0.1) is 19.1 Å². The monoisotopic (exact) mass is 472 g/mol. The number of fused-ring (bicyclic) bond motifs is 3. The van der Waals surface area contributed by atoms with E-state index >= 15 is 4.39 Å². The number of benzene rings is 2. The summed E-state index contributed by atoms with van der Waals surface area (Å²) in [5.74, 6) is -0.814. The van der Waals surface area contributed by atoms with Gasteiger partial charge in [-0.15, -0.1) is 0 Å². The van der Waals surface area contributed by atoms with Crippen molar-refractivity contribution >= 4 is 32.8 Å². The molecule has 0 spiro atoms. The first-order chi connectivity index (χ1) is 14.3. The highest BCUT2D eigenvalue weighted by atomic mass is 79.9. The van der Waals surface area contributed by atoms with E-state index in [2.05, 4.69) is 44.9 Å². The molecule has 0 saturated heterocycles. The summed E-state index contributed by atoms with van der Waals surface area (Å²) in [5, 5.41) is 1.18. The van der Waals surface area contributed by atoms with Crippen LogP contribution < -0.4 is 0 Å². The second-order valence-electron chi connectivity index (χ2n) is 8.21. The fourth-order valence-electron chi connectivity index (χ4n) is 4.70. The van der Waals surface area contributed by atoms with E-state index in [1.807, 2.05) is 26.0 Å². The van der Waals surface area contributed by atoms with Crippen LogP contribution >= 0.6 is 15.9 Å². The van der Waals surface area contributed by atoms with Gasteiger partial charge in [0.15, 0.2) is 0 Å². The number of nitrogens with one attached hydrogen (secondary N) is 1. The second kappa shape index (κ2) is 8.16. The number of carbonyl (C=O) groups is 1. The zero-order valence-electron chi connectivity index (χ0n) is 17.6. The minimum atomic E-state index is -0.319. The zero-order chi connectivity index (χ0) is 21.6. The number of hydrogen-bond acceptors (Lipinski definition) is 3. The number of hydrogen-bond donors (Lipinski definition) is 1. The molecule has 0 fully saturated rings. The average molecular weight is 473 g/mol. The summed E-state index contributed by atoms with van der Waals surface area (Å²) in [7, 11) is 1.41. The zero-order valence-corrected chi connectivity index (χ0v) is 19.2. The number of H-pyrrole nitrogens is 1. The van der Waals surface area contributed by atoms with Crippen LogP contribution in [0.2, 0.25) is 0 Å². The van der Waals surface area contributed by atoms with Crippen LogP contribution in [0.15, 0.2) is 40.9 Å². The maximum absolute atomic E-state index is 15.3. The molecule has 2 aromatic carbocycles. The number of methoxy groups -OCH3 is 1. The van der Waals surface area contributed by atoms with Gasteiger partial charge in [0.2, 0.25) is 0 Å². The fraction of sp³-hybridized carbons (Fsp3) is 0.375. The van der Waals surface area contributed by atoms with Crippen LogP contribution in [0.4, 0.5) is 4.39 Å². The summed E-state index contributed by atoms with van der Waals surface area (Å²) in [6.07, 6.45) is 0.832.